The second-order valence-electron chi connectivity index (χ2n) is 8.09. The highest BCUT2D eigenvalue weighted by molar-refractivity contribution is 6.34. The molecule has 2 N–H and O–H groups in total. The van der Waals surface area contributed by atoms with Crippen molar-refractivity contribution in [1.82, 2.24) is 15.1 Å². The number of carbonyl (C=O) groups excluding carboxylic acids is 1. The largest absolute Gasteiger partial charge is 0.321 e. The minimum absolute atomic E-state index is 0. The summed E-state index contributed by atoms with van der Waals surface area (Å²) in [5.74, 6) is 0.0916. The van der Waals surface area contributed by atoms with Crippen molar-refractivity contribution in [3.05, 3.63) is 75.6 Å². The lowest BCUT2D eigenvalue weighted by Crippen LogP contribution is -2.29. The van der Waals surface area contributed by atoms with Gasteiger partial charge in [0.15, 0.2) is 0 Å². The molecule has 0 spiro atoms. The van der Waals surface area contributed by atoms with E-state index < -0.39 is 0 Å². The molecule has 2 heterocycles. The number of hydrogen-bond donors (Lipinski definition) is 2. The molecule has 7 heteroatoms. The zero-order valence-electron chi connectivity index (χ0n) is 18.0. The Balaban J connectivity index is 0.00000272. The quantitative estimate of drug-likeness (QED) is 0.535. The minimum atomic E-state index is -0.177. The molecule has 164 valence electrons. The number of nitrogens with zero attached hydrogens (tertiary/aromatic N) is 2. The highest BCUT2D eigenvalue weighted by Gasteiger charge is 2.27. The summed E-state index contributed by atoms with van der Waals surface area (Å²) in [5, 5.41) is 11.6. The molecule has 1 fully saturated rings. The topological polar surface area (TPSA) is 59.0 Å². The first kappa shape index (κ1) is 23.3. The number of hydrogen-bond acceptors (Lipinski definition) is 3. The standard InChI is InChI=1S/C24H27ClN4O.ClH/c1-15-4-7-22(21(25)12-15)28-24(30)20-14-27-29(19-6-5-16(2)17(3)13-19)23(20)18-8-10-26-11-9-18;/h4-7,12-14,18,26H,8-11H2,1-3H3,(H,28,30);1H. The van der Waals surface area contributed by atoms with Crippen LogP contribution in [-0.2, 0) is 0 Å². The molecule has 0 atom stereocenters. The van der Waals surface area contributed by atoms with Crippen molar-refractivity contribution >= 4 is 35.6 Å². The van der Waals surface area contributed by atoms with Gasteiger partial charge in [0.25, 0.3) is 5.91 Å². The Hall–Kier alpha value is -2.34. The van der Waals surface area contributed by atoms with Crippen molar-refractivity contribution in [2.75, 3.05) is 18.4 Å². The summed E-state index contributed by atoms with van der Waals surface area (Å²) in [7, 11) is 0. The molecule has 0 aliphatic carbocycles. The third-order valence-electron chi connectivity index (χ3n) is 5.88. The number of aromatic nitrogens is 2. The number of halogens is 2. The molecule has 0 saturated carbocycles. The molecule has 5 nitrogen and oxygen atoms in total. The molecule has 2 aromatic carbocycles. The Morgan fingerprint density at radius 2 is 1.84 bits per heavy atom. The number of amides is 1. The molecule has 1 aliphatic rings. The van der Waals surface area contributed by atoms with Crippen LogP contribution in [0.3, 0.4) is 0 Å². The number of benzene rings is 2. The van der Waals surface area contributed by atoms with E-state index in [-0.39, 0.29) is 24.2 Å². The van der Waals surface area contributed by atoms with Gasteiger partial charge >= 0.3 is 0 Å². The first-order chi connectivity index (χ1) is 14.4. The maximum atomic E-state index is 13.2. The van der Waals surface area contributed by atoms with Crippen LogP contribution >= 0.6 is 24.0 Å². The smallest absolute Gasteiger partial charge is 0.259 e. The third-order valence-corrected chi connectivity index (χ3v) is 6.20. The molecule has 31 heavy (non-hydrogen) atoms. The fourth-order valence-electron chi connectivity index (χ4n) is 4.00. The maximum Gasteiger partial charge on any atom is 0.259 e. The number of aryl methyl sites for hydroxylation is 3. The van der Waals surface area contributed by atoms with Gasteiger partial charge in [-0.05, 0) is 87.7 Å². The van der Waals surface area contributed by atoms with Crippen LogP contribution < -0.4 is 10.6 Å². The van der Waals surface area contributed by atoms with Crippen LogP contribution in [-0.4, -0.2) is 28.8 Å². The van der Waals surface area contributed by atoms with E-state index in [4.69, 9.17) is 11.6 Å². The van der Waals surface area contributed by atoms with Crippen LogP contribution in [0, 0.1) is 20.8 Å². The van der Waals surface area contributed by atoms with Gasteiger partial charge in [-0.25, -0.2) is 4.68 Å². The number of carbonyl (C=O) groups is 1. The molecule has 0 unspecified atom stereocenters. The summed E-state index contributed by atoms with van der Waals surface area (Å²) >= 11 is 6.34. The van der Waals surface area contributed by atoms with Crippen LogP contribution in [0.15, 0.2) is 42.6 Å². The lowest BCUT2D eigenvalue weighted by Gasteiger charge is -2.25. The van der Waals surface area contributed by atoms with Crippen molar-refractivity contribution in [1.29, 1.82) is 0 Å². The molecule has 1 aliphatic heterocycles. The van der Waals surface area contributed by atoms with Gasteiger partial charge in [0.05, 0.1) is 33.9 Å². The molecule has 1 saturated heterocycles. The van der Waals surface area contributed by atoms with E-state index in [1.54, 1.807) is 6.20 Å². The summed E-state index contributed by atoms with van der Waals surface area (Å²) in [6, 6.07) is 11.9. The third kappa shape index (κ3) is 4.95. The predicted molar refractivity (Wildman–Crippen MR) is 129 cm³/mol. The van der Waals surface area contributed by atoms with Crippen molar-refractivity contribution in [2.45, 2.75) is 39.5 Å². The summed E-state index contributed by atoms with van der Waals surface area (Å²) in [6.45, 7) is 8.04. The fraction of sp³-hybridized carbons (Fsp3) is 0.333. The van der Waals surface area contributed by atoms with Gasteiger partial charge < -0.3 is 10.6 Å². The molecular formula is C24H28Cl2N4O. The Morgan fingerprint density at radius 1 is 1.10 bits per heavy atom. The summed E-state index contributed by atoms with van der Waals surface area (Å²) in [5.41, 5.74) is 6.67. The van der Waals surface area contributed by atoms with Gasteiger partial charge in [-0.1, -0.05) is 23.7 Å². The van der Waals surface area contributed by atoms with Gasteiger partial charge in [0, 0.05) is 5.92 Å². The lowest BCUT2D eigenvalue weighted by atomic mass is 9.91. The first-order valence-electron chi connectivity index (χ1n) is 10.4. The molecular weight excluding hydrogens is 431 g/mol. The van der Waals surface area contributed by atoms with E-state index >= 15 is 0 Å². The number of piperidine rings is 1. The molecule has 3 aromatic rings. The van der Waals surface area contributed by atoms with E-state index in [1.807, 2.05) is 29.8 Å². The van der Waals surface area contributed by atoms with Crippen molar-refractivity contribution < 1.29 is 4.79 Å². The van der Waals surface area contributed by atoms with Crippen molar-refractivity contribution in [3.63, 3.8) is 0 Å². The first-order valence-corrected chi connectivity index (χ1v) is 10.8. The highest BCUT2D eigenvalue weighted by atomic mass is 35.5. The number of anilines is 1. The fourth-order valence-corrected chi connectivity index (χ4v) is 4.28. The van der Waals surface area contributed by atoms with E-state index in [9.17, 15) is 4.79 Å². The van der Waals surface area contributed by atoms with Crippen LogP contribution in [0.2, 0.25) is 5.02 Å². The number of rotatable bonds is 4. The Bertz CT molecular complexity index is 1090. The summed E-state index contributed by atoms with van der Waals surface area (Å²) in [4.78, 5) is 13.2. The van der Waals surface area contributed by atoms with Gasteiger partial charge in [-0.2, -0.15) is 5.10 Å². The van der Waals surface area contributed by atoms with Gasteiger partial charge in [-0.15, -0.1) is 12.4 Å². The molecule has 4 rings (SSSR count). The molecule has 1 aromatic heterocycles. The minimum Gasteiger partial charge on any atom is -0.321 e. The van der Waals surface area contributed by atoms with Crippen LogP contribution in [0.25, 0.3) is 5.69 Å². The summed E-state index contributed by atoms with van der Waals surface area (Å²) in [6.07, 6.45) is 3.63. The number of nitrogens with one attached hydrogen (secondary N) is 2. The predicted octanol–water partition coefficient (Wildman–Crippen LogP) is 5.59. The second kappa shape index (κ2) is 9.86. The van der Waals surface area contributed by atoms with Gasteiger partial charge in [-0.3, -0.25) is 4.79 Å². The van der Waals surface area contributed by atoms with E-state index in [1.165, 1.54) is 11.1 Å². The van der Waals surface area contributed by atoms with Gasteiger partial charge in [0.1, 0.15) is 0 Å². The molecule has 0 bridgehead atoms. The van der Waals surface area contributed by atoms with Crippen molar-refractivity contribution in [3.8, 4) is 5.69 Å². The maximum absolute atomic E-state index is 13.2. The lowest BCUT2D eigenvalue weighted by molar-refractivity contribution is 0.102. The zero-order chi connectivity index (χ0) is 21.3. The second-order valence-corrected chi connectivity index (χ2v) is 8.49. The monoisotopic (exact) mass is 458 g/mol. The van der Waals surface area contributed by atoms with Crippen molar-refractivity contribution in [2.24, 2.45) is 0 Å². The van der Waals surface area contributed by atoms with Crippen LogP contribution in [0.4, 0.5) is 5.69 Å². The Kier molecular flexibility index (Phi) is 7.42. The Labute approximate surface area is 194 Å². The zero-order valence-corrected chi connectivity index (χ0v) is 19.6. The van der Waals surface area contributed by atoms with E-state index in [0.717, 1.165) is 42.9 Å². The average molecular weight is 459 g/mol. The molecule has 0 radical (unpaired) electrons. The average Bonchev–Trinajstić information content (AvgIpc) is 3.18. The van der Waals surface area contributed by atoms with Gasteiger partial charge in [0.2, 0.25) is 0 Å². The van der Waals surface area contributed by atoms with Crippen LogP contribution in [0.1, 0.15) is 51.5 Å². The van der Waals surface area contributed by atoms with Crippen LogP contribution in [0.5, 0.6) is 0 Å². The SMILES string of the molecule is Cc1ccc(NC(=O)c2cnn(-c3ccc(C)c(C)c3)c2C2CCNCC2)c(Cl)c1.Cl. The highest BCUT2D eigenvalue weighted by Crippen LogP contribution is 2.32. The normalized spacial score (nSPS) is 14.2. The Morgan fingerprint density at radius 3 is 2.52 bits per heavy atom. The summed E-state index contributed by atoms with van der Waals surface area (Å²) < 4.78 is 1.94. The van der Waals surface area contributed by atoms with E-state index in [0.29, 0.717) is 16.3 Å². The van der Waals surface area contributed by atoms with E-state index in [2.05, 4.69) is 47.8 Å². The molecule has 1 amide bonds.